The van der Waals surface area contributed by atoms with Gasteiger partial charge in [0.1, 0.15) is 11.4 Å². The van der Waals surface area contributed by atoms with Gasteiger partial charge in [0.25, 0.3) is 0 Å². The van der Waals surface area contributed by atoms with Gasteiger partial charge in [-0.15, -0.1) is 0 Å². The third kappa shape index (κ3) is 4.35. The van der Waals surface area contributed by atoms with E-state index in [1.165, 1.54) is 18.1 Å². The molecule has 0 spiro atoms. The zero-order chi connectivity index (χ0) is 14.4. The lowest BCUT2D eigenvalue weighted by Crippen LogP contribution is -2.30. The summed E-state index contributed by atoms with van der Waals surface area (Å²) in [5.74, 6) is 0.00937. The van der Waals surface area contributed by atoms with E-state index in [2.05, 4.69) is 15.3 Å². The molecule has 20 heavy (non-hydrogen) atoms. The first kappa shape index (κ1) is 14.5. The molecule has 0 fully saturated rings. The van der Waals surface area contributed by atoms with E-state index >= 15 is 0 Å². The predicted molar refractivity (Wildman–Crippen MR) is 80.4 cm³/mol. The van der Waals surface area contributed by atoms with E-state index in [1.54, 1.807) is 0 Å². The topological polar surface area (TPSA) is 54.9 Å². The van der Waals surface area contributed by atoms with Gasteiger partial charge in [0.15, 0.2) is 0 Å². The van der Waals surface area contributed by atoms with E-state index < -0.39 is 0 Å². The number of carbonyl (C=O) groups excluding carboxylic acids is 1. The van der Waals surface area contributed by atoms with Crippen LogP contribution in [0.5, 0.6) is 0 Å². The maximum absolute atomic E-state index is 12.0. The zero-order valence-corrected chi connectivity index (χ0v) is 12.4. The van der Waals surface area contributed by atoms with E-state index in [-0.39, 0.29) is 11.2 Å². The maximum atomic E-state index is 12.0. The number of rotatable bonds is 5. The van der Waals surface area contributed by atoms with Gasteiger partial charge in [-0.2, -0.15) is 0 Å². The summed E-state index contributed by atoms with van der Waals surface area (Å²) >= 11 is 1.44. The summed E-state index contributed by atoms with van der Waals surface area (Å²) < 4.78 is 0. The number of hydrogen-bond acceptors (Lipinski definition) is 4. The Morgan fingerprint density at radius 1 is 1.30 bits per heavy atom. The van der Waals surface area contributed by atoms with E-state index in [0.717, 1.165) is 16.3 Å². The molecule has 1 amide bonds. The highest BCUT2D eigenvalue weighted by molar-refractivity contribution is 8.00. The molecule has 1 heterocycles. The second-order valence-electron chi connectivity index (χ2n) is 4.46. The Bertz CT molecular complexity index is 574. The van der Waals surface area contributed by atoms with Crippen molar-refractivity contribution in [3.8, 4) is 0 Å². The Labute approximate surface area is 123 Å². The van der Waals surface area contributed by atoms with Crippen LogP contribution in [0.1, 0.15) is 18.2 Å². The highest BCUT2D eigenvalue weighted by atomic mass is 32.2. The summed E-state index contributed by atoms with van der Waals surface area (Å²) in [7, 11) is 0. The first-order valence-corrected chi connectivity index (χ1v) is 7.30. The molecule has 1 atom stereocenters. The van der Waals surface area contributed by atoms with Crippen LogP contribution in [0, 0.1) is 6.92 Å². The van der Waals surface area contributed by atoms with Gasteiger partial charge in [0.05, 0.1) is 5.25 Å². The minimum absolute atomic E-state index is 0.00937. The maximum Gasteiger partial charge on any atom is 0.233 e. The van der Waals surface area contributed by atoms with Crippen LogP contribution in [-0.2, 0) is 11.3 Å². The highest BCUT2D eigenvalue weighted by Crippen LogP contribution is 2.21. The van der Waals surface area contributed by atoms with Crippen LogP contribution in [0.3, 0.4) is 0 Å². The van der Waals surface area contributed by atoms with Crippen molar-refractivity contribution in [3.05, 3.63) is 54.0 Å². The third-order valence-corrected chi connectivity index (χ3v) is 3.79. The second kappa shape index (κ2) is 7.05. The molecule has 1 unspecified atom stereocenters. The van der Waals surface area contributed by atoms with E-state index in [9.17, 15) is 4.79 Å². The molecule has 2 aromatic rings. The van der Waals surface area contributed by atoms with Crippen LogP contribution in [0.2, 0.25) is 0 Å². The van der Waals surface area contributed by atoms with Crippen molar-refractivity contribution >= 4 is 17.7 Å². The lowest BCUT2D eigenvalue weighted by Gasteiger charge is -2.11. The summed E-state index contributed by atoms with van der Waals surface area (Å²) in [5, 5.41) is 3.56. The fraction of sp³-hybridized carbons (Fsp3) is 0.267. The average molecular weight is 287 g/mol. The quantitative estimate of drug-likeness (QED) is 0.678. The highest BCUT2D eigenvalue weighted by Gasteiger charge is 2.14. The summed E-state index contributed by atoms with van der Waals surface area (Å²) in [6, 6.07) is 11.7. The van der Waals surface area contributed by atoms with Crippen molar-refractivity contribution in [2.24, 2.45) is 0 Å². The number of carbonyl (C=O) groups is 1. The molecule has 5 heteroatoms. The molecule has 0 aliphatic carbocycles. The SMILES string of the molecule is Cc1cc(SC(C)C(=O)NCc2ccccc2)ncn1. The number of thioether (sulfide) groups is 1. The molecule has 0 aliphatic rings. The first-order valence-electron chi connectivity index (χ1n) is 6.42. The summed E-state index contributed by atoms with van der Waals surface area (Å²) in [6.07, 6.45) is 1.52. The van der Waals surface area contributed by atoms with Gasteiger partial charge in [0.2, 0.25) is 5.91 Å². The van der Waals surface area contributed by atoms with E-state index in [4.69, 9.17) is 0 Å². The summed E-state index contributed by atoms with van der Waals surface area (Å²) in [4.78, 5) is 20.2. The van der Waals surface area contributed by atoms with Gasteiger partial charge in [-0.05, 0) is 25.5 Å². The van der Waals surface area contributed by atoms with Gasteiger partial charge in [-0.3, -0.25) is 4.79 Å². The minimum atomic E-state index is -0.187. The van der Waals surface area contributed by atoms with Crippen LogP contribution in [0.15, 0.2) is 47.8 Å². The molecule has 2 rings (SSSR count). The molecule has 0 radical (unpaired) electrons. The summed E-state index contributed by atoms with van der Waals surface area (Å²) in [5.41, 5.74) is 2.00. The second-order valence-corrected chi connectivity index (χ2v) is 5.82. The van der Waals surface area contributed by atoms with Crippen molar-refractivity contribution in [2.75, 3.05) is 0 Å². The lowest BCUT2D eigenvalue weighted by atomic mass is 10.2. The normalized spacial score (nSPS) is 11.9. The molecule has 1 aromatic carbocycles. The van der Waals surface area contributed by atoms with Gasteiger partial charge >= 0.3 is 0 Å². The summed E-state index contributed by atoms with van der Waals surface area (Å²) in [6.45, 7) is 4.34. The Morgan fingerprint density at radius 3 is 2.75 bits per heavy atom. The van der Waals surface area contributed by atoms with Crippen LogP contribution < -0.4 is 5.32 Å². The van der Waals surface area contributed by atoms with Gasteiger partial charge in [-0.1, -0.05) is 42.1 Å². The van der Waals surface area contributed by atoms with Gasteiger partial charge < -0.3 is 5.32 Å². The molecule has 104 valence electrons. The molecule has 4 nitrogen and oxygen atoms in total. The Morgan fingerprint density at radius 2 is 2.05 bits per heavy atom. The van der Waals surface area contributed by atoms with Crippen molar-refractivity contribution in [1.29, 1.82) is 0 Å². The number of hydrogen-bond donors (Lipinski definition) is 1. The predicted octanol–water partition coefficient (Wildman–Crippen LogP) is 2.58. The fourth-order valence-corrected chi connectivity index (χ4v) is 2.56. The fourth-order valence-electron chi connectivity index (χ4n) is 1.66. The van der Waals surface area contributed by atoms with Crippen LogP contribution in [0.25, 0.3) is 0 Å². The Hall–Kier alpha value is -1.88. The Balaban J connectivity index is 1.86. The smallest absolute Gasteiger partial charge is 0.233 e. The van der Waals surface area contributed by atoms with Crippen LogP contribution in [0.4, 0.5) is 0 Å². The molecule has 0 saturated carbocycles. The van der Waals surface area contributed by atoms with Crippen LogP contribution in [-0.4, -0.2) is 21.1 Å². The number of aromatic nitrogens is 2. The number of benzene rings is 1. The number of nitrogens with zero attached hydrogens (tertiary/aromatic N) is 2. The van der Waals surface area contributed by atoms with Gasteiger partial charge in [0, 0.05) is 12.2 Å². The largest absolute Gasteiger partial charge is 0.351 e. The van der Waals surface area contributed by atoms with Crippen molar-refractivity contribution < 1.29 is 4.79 Å². The minimum Gasteiger partial charge on any atom is -0.351 e. The van der Waals surface area contributed by atoms with Crippen molar-refractivity contribution in [3.63, 3.8) is 0 Å². The monoisotopic (exact) mass is 287 g/mol. The average Bonchev–Trinajstić information content (AvgIpc) is 2.46. The molecule has 1 N–H and O–H groups in total. The van der Waals surface area contributed by atoms with Crippen molar-refractivity contribution in [2.45, 2.75) is 30.7 Å². The van der Waals surface area contributed by atoms with Crippen LogP contribution >= 0.6 is 11.8 Å². The van der Waals surface area contributed by atoms with Gasteiger partial charge in [-0.25, -0.2) is 9.97 Å². The molecule has 1 aromatic heterocycles. The van der Waals surface area contributed by atoms with Crippen molar-refractivity contribution in [1.82, 2.24) is 15.3 Å². The molecular weight excluding hydrogens is 270 g/mol. The number of nitrogens with one attached hydrogen (secondary N) is 1. The molecule has 0 bridgehead atoms. The zero-order valence-electron chi connectivity index (χ0n) is 11.5. The Kier molecular flexibility index (Phi) is 5.12. The molecule has 0 saturated heterocycles. The number of aryl methyl sites for hydroxylation is 1. The third-order valence-electron chi connectivity index (χ3n) is 2.76. The number of amides is 1. The van der Waals surface area contributed by atoms with E-state index in [1.807, 2.05) is 50.2 Å². The first-order chi connectivity index (χ1) is 9.65. The lowest BCUT2D eigenvalue weighted by molar-refractivity contribution is -0.120. The molecular formula is C15H17N3OS. The standard InChI is InChI=1S/C15H17N3OS/c1-11-8-14(18-10-17-11)20-12(2)15(19)16-9-13-6-4-3-5-7-13/h3-8,10,12H,9H2,1-2H3,(H,16,19). The molecule has 0 aliphatic heterocycles. The van der Waals surface area contributed by atoms with E-state index in [0.29, 0.717) is 6.54 Å².